The predicted octanol–water partition coefficient (Wildman–Crippen LogP) is 3.73. The Hall–Kier alpha value is -1.22. The predicted molar refractivity (Wildman–Crippen MR) is 68.4 cm³/mol. The third-order valence-electron chi connectivity index (χ3n) is 2.07. The molecule has 0 fully saturated rings. The first-order valence-electron chi connectivity index (χ1n) is 5.59. The summed E-state index contributed by atoms with van der Waals surface area (Å²) < 4.78 is 11.0. The zero-order chi connectivity index (χ0) is 13.0. The molecule has 0 aliphatic rings. The minimum absolute atomic E-state index is 0.00474. The van der Waals surface area contributed by atoms with Gasteiger partial charge < -0.3 is 9.47 Å². The van der Waals surface area contributed by atoms with Crippen molar-refractivity contribution in [3.05, 3.63) is 22.7 Å². The second-order valence-electron chi connectivity index (χ2n) is 3.94. The molecule has 0 aliphatic heterocycles. The monoisotopic (exact) mass is 256 g/mol. The average Bonchev–Trinajstić information content (AvgIpc) is 2.22. The van der Waals surface area contributed by atoms with Crippen molar-refractivity contribution >= 4 is 17.4 Å². The molecule has 1 rings (SSSR count). The lowest BCUT2D eigenvalue weighted by Gasteiger charge is -2.16. The smallest absolute Gasteiger partial charge is 0.180 e. The molecule has 0 unspecified atom stereocenters. The molecular weight excluding hydrogens is 240 g/mol. The third kappa shape index (κ3) is 3.63. The quantitative estimate of drug-likeness (QED) is 0.753. The molecule has 0 aliphatic carbocycles. The summed E-state index contributed by atoms with van der Waals surface area (Å²) in [4.78, 5) is 11.3. The lowest BCUT2D eigenvalue weighted by atomic mass is 10.1. The zero-order valence-corrected chi connectivity index (χ0v) is 11.3. The van der Waals surface area contributed by atoms with Gasteiger partial charge in [0.2, 0.25) is 0 Å². The van der Waals surface area contributed by atoms with Gasteiger partial charge >= 0.3 is 0 Å². The number of ketones is 1. The highest BCUT2D eigenvalue weighted by atomic mass is 35.5. The van der Waals surface area contributed by atoms with Crippen molar-refractivity contribution in [2.24, 2.45) is 0 Å². The topological polar surface area (TPSA) is 35.5 Å². The highest BCUT2D eigenvalue weighted by Gasteiger charge is 2.15. The van der Waals surface area contributed by atoms with E-state index in [1.165, 1.54) is 6.92 Å². The van der Waals surface area contributed by atoms with Gasteiger partial charge in [-0.1, -0.05) is 11.6 Å². The number of carbonyl (C=O) groups excluding carboxylic acids is 1. The van der Waals surface area contributed by atoms with E-state index in [1.54, 1.807) is 12.1 Å². The minimum Gasteiger partial charge on any atom is -0.490 e. The van der Waals surface area contributed by atoms with Crippen LogP contribution in [0.5, 0.6) is 11.5 Å². The fourth-order valence-corrected chi connectivity index (χ4v) is 1.64. The largest absolute Gasteiger partial charge is 0.490 e. The van der Waals surface area contributed by atoms with Crippen LogP contribution >= 0.6 is 11.6 Å². The van der Waals surface area contributed by atoms with Crippen molar-refractivity contribution in [2.75, 3.05) is 6.61 Å². The Bertz CT molecular complexity index is 413. The highest BCUT2D eigenvalue weighted by Crippen LogP contribution is 2.37. The van der Waals surface area contributed by atoms with Crippen molar-refractivity contribution in [1.82, 2.24) is 0 Å². The maximum absolute atomic E-state index is 11.3. The van der Waals surface area contributed by atoms with Gasteiger partial charge in [0.25, 0.3) is 0 Å². The molecule has 0 spiro atoms. The molecule has 1 aromatic carbocycles. The molecule has 4 heteroatoms. The van der Waals surface area contributed by atoms with Crippen LogP contribution in [0.15, 0.2) is 12.1 Å². The first-order valence-corrected chi connectivity index (χ1v) is 5.97. The number of carbonyl (C=O) groups is 1. The minimum atomic E-state index is -0.0519. The fraction of sp³-hybridized carbons (Fsp3) is 0.462. The summed E-state index contributed by atoms with van der Waals surface area (Å²) >= 11 is 6.10. The Morgan fingerprint density at radius 1 is 1.41 bits per heavy atom. The molecule has 17 heavy (non-hydrogen) atoms. The summed E-state index contributed by atoms with van der Waals surface area (Å²) in [6.45, 7) is 7.67. The van der Waals surface area contributed by atoms with Crippen LogP contribution in [0.25, 0.3) is 0 Å². The van der Waals surface area contributed by atoms with E-state index in [0.717, 1.165) is 0 Å². The number of benzene rings is 1. The molecule has 0 saturated carbocycles. The summed E-state index contributed by atoms with van der Waals surface area (Å²) in [6.07, 6.45) is -0.00474. The second-order valence-corrected chi connectivity index (χ2v) is 4.35. The highest BCUT2D eigenvalue weighted by molar-refractivity contribution is 6.32. The van der Waals surface area contributed by atoms with Crippen molar-refractivity contribution in [1.29, 1.82) is 0 Å². The Morgan fingerprint density at radius 3 is 2.53 bits per heavy atom. The number of halogens is 1. The maximum atomic E-state index is 11.3. The third-order valence-corrected chi connectivity index (χ3v) is 2.35. The van der Waals surface area contributed by atoms with Gasteiger partial charge in [0.1, 0.15) is 0 Å². The standard InChI is InChI=1S/C13H17ClO3/c1-5-16-12-7-10(9(4)15)6-11(14)13(12)17-8(2)3/h6-8H,5H2,1-4H3. The van der Waals surface area contributed by atoms with Gasteiger partial charge in [-0.3, -0.25) is 4.79 Å². The summed E-state index contributed by atoms with van der Waals surface area (Å²) in [5, 5.41) is 0.398. The molecule has 0 heterocycles. The first-order chi connectivity index (χ1) is 7.95. The Morgan fingerprint density at radius 2 is 2.06 bits per heavy atom. The summed E-state index contributed by atoms with van der Waals surface area (Å²) in [5.74, 6) is 0.955. The number of ether oxygens (including phenoxy) is 2. The average molecular weight is 257 g/mol. The molecule has 0 aromatic heterocycles. The van der Waals surface area contributed by atoms with E-state index in [4.69, 9.17) is 21.1 Å². The number of hydrogen-bond donors (Lipinski definition) is 0. The van der Waals surface area contributed by atoms with Crippen LogP contribution in [0.2, 0.25) is 5.02 Å². The molecule has 3 nitrogen and oxygen atoms in total. The van der Waals surface area contributed by atoms with Crippen molar-refractivity contribution in [3.63, 3.8) is 0 Å². The van der Waals surface area contributed by atoms with Crippen LogP contribution in [-0.2, 0) is 0 Å². The Balaban J connectivity index is 3.22. The number of hydrogen-bond acceptors (Lipinski definition) is 3. The van der Waals surface area contributed by atoms with Crippen molar-refractivity contribution < 1.29 is 14.3 Å². The second kappa shape index (κ2) is 5.92. The summed E-state index contributed by atoms with van der Waals surface area (Å²) in [5.41, 5.74) is 0.523. The van der Waals surface area contributed by atoms with E-state index in [2.05, 4.69) is 0 Å². The number of rotatable bonds is 5. The van der Waals surface area contributed by atoms with Gasteiger partial charge in [-0.05, 0) is 39.8 Å². The molecule has 1 aromatic rings. The van der Waals surface area contributed by atoms with E-state index in [1.807, 2.05) is 20.8 Å². The zero-order valence-electron chi connectivity index (χ0n) is 10.5. The van der Waals surface area contributed by atoms with E-state index < -0.39 is 0 Å². The fourth-order valence-electron chi connectivity index (χ4n) is 1.38. The molecule has 0 atom stereocenters. The van der Waals surface area contributed by atoms with E-state index in [0.29, 0.717) is 28.7 Å². The van der Waals surface area contributed by atoms with Crippen LogP contribution in [-0.4, -0.2) is 18.5 Å². The van der Waals surface area contributed by atoms with Gasteiger partial charge in [-0.15, -0.1) is 0 Å². The summed E-state index contributed by atoms with van der Waals surface area (Å²) in [7, 11) is 0. The van der Waals surface area contributed by atoms with Gasteiger partial charge in [0, 0.05) is 5.56 Å². The molecule has 0 amide bonds. The lowest BCUT2D eigenvalue weighted by Crippen LogP contribution is -2.08. The molecular formula is C13H17ClO3. The van der Waals surface area contributed by atoms with E-state index in [-0.39, 0.29) is 11.9 Å². The molecule has 0 N–H and O–H groups in total. The van der Waals surface area contributed by atoms with Gasteiger partial charge in [0.05, 0.1) is 17.7 Å². The van der Waals surface area contributed by atoms with Crippen LogP contribution < -0.4 is 9.47 Å². The van der Waals surface area contributed by atoms with Crippen molar-refractivity contribution in [3.8, 4) is 11.5 Å². The molecule has 0 radical (unpaired) electrons. The van der Waals surface area contributed by atoms with Crippen LogP contribution in [0.3, 0.4) is 0 Å². The van der Waals surface area contributed by atoms with Crippen LogP contribution in [0.1, 0.15) is 38.1 Å². The summed E-state index contributed by atoms with van der Waals surface area (Å²) in [6, 6.07) is 3.26. The van der Waals surface area contributed by atoms with Gasteiger partial charge in [-0.2, -0.15) is 0 Å². The molecule has 0 saturated heterocycles. The van der Waals surface area contributed by atoms with Crippen LogP contribution in [0.4, 0.5) is 0 Å². The van der Waals surface area contributed by atoms with Crippen LogP contribution in [0, 0.1) is 0 Å². The Labute approximate surface area is 107 Å². The normalized spacial score (nSPS) is 10.5. The number of Topliss-reactive ketones (excluding diaryl/α,β-unsaturated/α-hetero) is 1. The maximum Gasteiger partial charge on any atom is 0.180 e. The SMILES string of the molecule is CCOc1cc(C(C)=O)cc(Cl)c1OC(C)C. The first kappa shape index (κ1) is 13.8. The Kier molecular flexibility index (Phi) is 4.82. The van der Waals surface area contributed by atoms with E-state index >= 15 is 0 Å². The van der Waals surface area contributed by atoms with Crippen molar-refractivity contribution in [2.45, 2.75) is 33.8 Å². The van der Waals surface area contributed by atoms with Gasteiger partial charge in [-0.25, -0.2) is 0 Å². The lowest BCUT2D eigenvalue weighted by molar-refractivity contribution is 0.101. The van der Waals surface area contributed by atoms with Gasteiger partial charge in [0.15, 0.2) is 17.3 Å². The molecule has 0 bridgehead atoms. The molecule has 94 valence electrons. The van der Waals surface area contributed by atoms with E-state index in [9.17, 15) is 4.79 Å².